The number of ether oxygens (including phenoxy) is 2. The van der Waals surface area contributed by atoms with Crippen LogP contribution in [0.4, 0.5) is 4.79 Å². The monoisotopic (exact) mass is 479 g/mol. The number of methoxy groups -OCH3 is 1. The molecule has 0 saturated carbocycles. The van der Waals surface area contributed by atoms with Gasteiger partial charge in [0, 0.05) is 24.4 Å². The summed E-state index contributed by atoms with van der Waals surface area (Å²) < 4.78 is 12.8. The normalized spacial score (nSPS) is 16.3. The van der Waals surface area contributed by atoms with Crippen LogP contribution in [0.1, 0.15) is 47.5 Å². The average molecular weight is 480 g/mol. The zero-order valence-corrected chi connectivity index (χ0v) is 21.3. The van der Waals surface area contributed by atoms with Gasteiger partial charge in [0.1, 0.15) is 17.4 Å². The Hall–Kier alpha value is -2.00. The minimum absolute atomic E-state index is 0.0261. The standard InChI is InChI=1S/C23H33N3O4S2/c1-14(2)19(25-21(28)30-23(3,4)5)20(27)26-11-9-16(10-12-26)31-22-24-17-13-15(29-6)7-8-18(17)32-22/h7-8,13-14,16,19H,9-12H2,1-6H3,(H,25,28)/t19-/m0/s1. The number of hydrogen-bond acceptors (Lipinski definition) is 7. The van der Waals surface area contributed by atoms with Crippen LogP contribution in [0.5, 0.6) is 5.75 Å². The molecule has 0 spiro atoms. The largest absolute Gasteiger partial charge is 0.497 e. The van der Waals surface area contributed by atoms with Crippen molar-refractivity contribution in [1.29, 1.82) is 0 Å². The van der Waals surface area contributed by atoms with Crippen molar-refractivity contribution in [3.05, 3.63) is 18.2 Å². The van der Waals surface area contributed by atoms with Crippen LogP contribution >= 0.6 is 23.1 Å². The van der Waals surface area contributed by atoms with Crippen LogP contribution < -0.4 is 10.1 Å². The molecule has 1 aliphatic heterocycles. The van der Waals surface area contributed by atoms with E-state index in [2.05, 4.69) is 5.32 Å². The number of hydrogen-bond donors (Lipinski definition) is 1. The van der Waals surface area contributed by atoms with Gasteiger partial charge < -0.3 is 19.7 Å². The summed E-state index contributed by atoms with van der Waals surface area (Å²) in [6.07, 6.45) is 1.24. The first-order valence-electron chi connectivity index (χ1n) is 11.0. The molecule has 7 nitrogen and oxygen atoms in total. The lowest BCUT2D eigenvalue weighted by atomic mass is 10.0. The number of benzene rings is 1. The van der Waals surface area contributed by atoms with Crippen LogP contribution in [0.3, 0.4) is 0 Å². The summed E-state index contributed by atoms with van der Waals surface area (Å²) in [5.41, 5.74) is 0.355. The second kappa shape index (κ2) is 10.3. The van der Waals surface area contributed by atoms with E-state index in [9.17, 15) is 9.59 Å². The molecular formula is C23H33N3O4S2. The van der Waals surface area contributed by atoms with Crippen molar-refractivity contribution in [2.24, 2.45) is 5.92 Å². The molecule has 1 saturated heterocycles. The topological polar surface area (TPSA) is 80.8 Å². The molecule has 32 heavy (non-hydrogen) atoms. The number of nitrogens with one attached hydrogen (secondary N) is 1. The van der Waals surface area contributed by atoms with Gasteiger partial charge in [-0.05, 0) is 51.7 Å². The summed E-state index contributed by atoms with van der Waals surface area (Å²) >= 11 is 3.48. The number of thiazole rings is 1. The number of carbonyl (C=O) groups excluding carboxylic acids is 2. The molecule has 176 valence electrons. The maximum Gasteiger partial charge on any atom is 0.408 e. The Morgan fingerprint density at radius 3 is 2.53 bits per heavy atom. The lowest BCUT2D eigenvalue weighted by molar-refractivity contribution is -0.135. The van der Waals surface area contributed by atoms with Gasteiger partial charge in [-0.3, -0.25) is 4.79 Å². The Labute approximate surface area is 198 Å². The van der Waals surface area contributed by atoms with Crippen LogP contribution in [0.2, 0.25) is 0 Å². The van der Waals surface area contributed by atoms with Crippen molar-refractivity contribution in [1.82, 2.24) is 15.2 Å². The SMILES string of the molecule is COc1ccc2sc(SC3CCN(C(=O)[C@@H](NC(=O)OC(C)(C)C)C(C)C)CC3)nc2c1. The highest BCUT2D eigenvalue weighted by Crippen LogP contribution is 2.36. The molecule has 0 bridgehead atoms. The number of likely N-dealkylation sites (tertiary alicyclic amines) is 1. The van der Waals surface area contributed by atoms with Gasteiger partial charge >= 0.3 is 6.09 Å². The molecule has 2 aromatic rings. The lowest BCUT2D eigenvalue weighted by Crippen LogP contribution is -2.53. The summed E-state index contributed by atoms with van der Waals surface area (Å²) in [6, 6.07) is 5.37. The fourth-order valence-electron chi connectivity index (χ4n) is 3.54. The Morgan fingerprint density at radius 1 is 1.25 bits per heavy atom. The highest BCUT2D eigenvalue weighted by atomic mass is 32.2. The Morgan fingerprint density at radius 2 is 1.94 bits per heavy atom. The fraction of sp³-hybridized carbons (Fsp3) is 0.609. The van der Waals surface area contributed by atoms with Gasteiger partial charge in [0.2, 0.25) is 5.91 Å². The van der Waals surface area contributed by atoms with Crippen LogP contribution in [0.15, 0.2) is 22.5 Å². The van der Waals surface area contributed by atoms with E-state index in [1.807, 2.05) is 57.7 Å². The Balaban J connectivity index is 1.55. The molecule has 0 radical (unpaired) electrons. The molecule has 2 amide bonds. The van der Waals surface area contributed by atoms with Gasteiger partial charge in [-0.25, -0.2) is 9.78 Å². The van der Waals surface area contributed by atoms with Gasteiger partial charge in [-0.1, -0.05) is 25.6 Å². The molecule has 2 heterocycles. The molecule has 1 N–H and O–H groups in total. The third kappa shape index (κ3) is 6.51. The first-order chi connectivity index (χ1) is 15.1. The van der Waals surface area contributed by atoms with Crippen LogP contribution in [0.25, 0.3) is 10.2 Å². The highest BCUT2D eigenvalue weighted by molar-refractivity contribution is 8.01. The number of fused-ring (bicyclic) bond motifs is 1. The van der Waals surface area contributed by atoms with E-state index in [0.29, 0.717) is 18.3 Å². The minimum atomic E-state index is -0.601. The molecule has 0 aliphatic carbocycles. The van der Waals surface area contributed by atoms with Crippen molar-refractivity contribution in [3.8, 4) is 5.75 Å². The number of aromatic nitrogens is 1. The molecule has 1 fully saturated rings. The van der Waals surface area contributed by atoms with Gasteiger partial charge in [-0.2, -0.15) is 0 Å². The van der Waals surface area contributed by atoms with Gasteiger partial charge in [-0.15, -0.1) is 11.3 Å². The van der Waals surface area contributed by atoms with Crippen LogP contribution in [0, 0.1) is 5.92 Å². The first-order valence-corrected chi connectivity index (χ1v) is 12.6. The molecular weight excluding hydrogens is 446 g/mol. The summed E-state index contributed by atoms with van der Waals surface area (Å²) in [6.45, 7) is 10.6. The molecule has 0 unspecified atom stereocenters. The smallest absolute Gasteiger partial charge is 0.408 e. The van der Waals surface area contributed by atoms with E-state index in [0.717, 1.165) is 33.1 Å². The van der Waals surface area contributed by atoms with Gasteiger partial charge in [0.15, 0.2) is 4.34 Å². The number of alkyl carbamates (subject to hydrolysis) is 1. The van der Waals surface area contributed by atoms with Crippen molar-refractivity contribution in [3.63, 3.8) is 0 Å². The Kier molecular flexibility index (Phi) is 7.92. The Bertz CT molecular complexity index is 946. The number of thioether (sulfide) groups is 1. The number of piperidine rings is 1. The van der Waals surface area contributed by atoms with Gasteiger partial charge in [0.25, 0.3) is 0 Å². The summed E-state index contributed by atoms with van der Waals surface area (Å²) in [4.78, 5) is 31.9. The van der Waals surface area contributed by atoms with E-state index in [-0.39, 0.29) is 11.8 Å². The van der Waals surface area contributed by atoms with Gasteiger partial charge in [0.05, 0.1) is 17.3 Å². The quantitative estimate of drug-likeness (QED) is 0.632. The fourth-order valence-corrected chi connectivity index (χ4v) is 5.97. The lowest BCUT2D eigenvalue weighted by Gasteiger charge is -2.35. The third-order valence-corrected chi connectivity index (χ3v) is 7.67. The molecule has 1 atom stereocenters. The second-order valence-electron chi connectivity index (χ2n) is 9.32. The molecule has 9 heteroatoms. The van der Waals surface area contributed by atoms with E-state index in [4.69, 9.17) is 14.5 Å². The third-order valence-electron chi connectivity index (χ3n) is 5.20. The summed E-state index contributed by atoms with van der Waals surface area (Å²) in [5, 5.41) is 3.18. The zero-order chi connectivity index (χ0) is 23.5. The zero-order valence-electron chi connectivity index (χ0n) is 19.6. The average Bonchev–Trinajstić information content (AvgIpc) is 3.11. The van der Waals surface area contributed by atoms with Crippen molar-refractivity contribution < 1.29 is 19.1 Å². The first kappa shape index (κ1) is 24.6. The number of rotatable bonds is 6. The molecule has 1 aliphatic rings. The van der Waals surface area contributed by atoms with E-state index in [1.54, 1.807) is 30.2 Å². The summed E-state index contributed by atoms with van der Waals surface area (Å²) in [7, 11) is 1.66. The number of carbonyl (C=O) groups is 2. The van der Waals surface area contributed by atoms with E-state index < -0.39 is 17.7 Å². The van der Waals surface area contributed by atoms with Crippen LogP contribution in [-0.4, -0.2) is 59.0 Å². The molecule has 3 rings (SSSR count). The minimum Gasteiger partial charge on any atom is -0.497 e. The maximum atomic E-state index is 13.1. The highest BCUT2D eigenvalue weighted by Gasteiger charge is 2.32. The van der Waals surface area contributed by atoms with E-state index in [1.165, 1.54) is 0 Å². The molecule has 1 aromatic heterocycles. The predicted octanol–water partition coefficient (Wildman–Crippen LogP) is 4.94. The number of amides is 2. The van der Waals surface area contributed by atoms with E-state index >= 15 is 0 Å². The van der Waals surface area contributed by atoms with Crippen LogP contribution in [-0.2, 0) is 9.53 Å². The number of nitrogens with zero attached hydrogens (tertiary/aromatic N) is 2. The maximum absolute atomic E-state index is 13.1. The summed E-state index contributed by atoms with van der Waals surface area (Å²) in [5.74, 6) is 0.745. The predicted molar refractivity (Wildman–Crippen MR) is 130 cm³/mol. The van der Waals surface area contributed by atoms with Crippen molar-refractivity contribution in [2.75, 3.05) is 20.2 Å². The molecule has 1 aromatic carbocycles. The van der Waals surface area contributed by atoms with Crippen molar-refractivity contribution in [2.45, 2.75) is 68.7 Å². The van der Waals surface area contributed by atoms with Crippen molar-refractivity contribution >= 4 is 45.3 Å². The second-order valence-corrected chi connectivity index (χ2v) is 11.9.